The number of hydrogen-bond acceptors (Lipinski definition) is 6. The standard InChI is InChI=1S/C24H25N7O/c1-15(2)23-28-29-30-31(23)21-12-19(18-7-5-16(3)6-8-18)11-20(13-21)24(32)27-17(4)22-9-10-25-14-26-22/h5-15,17H,1-4H3,(H,27,32). The lowest BCUT2D eigenvalue weighted by Crippen LogP contribution is -2.27. The van der Waals surface area contributed by atoms with Crippen LogP contribution in [0.5, 0.6) is 0 Å². The fourth-order valence-electron chi connectivity index (χ4n) is 3.43. The van der Waals surface area contributed by atoms with Crippen molar-refractivity contribution in [2.24, 2.45) is 0 Å². The van der Waals surface area contributed by atoms with Crippen molar-refractivity contribution < 1.29 is 4.79 Å². The Morgan fingerprint density at radius 1 is 1.00 bits per heavy atom. The third-order valence-corrected chi connectivity index (χ3v) is 5.22. The van der Waals surface area contributed by atoms with Gasteiger partial charge in [0.05, 0.1) is 17.4 Å². The second-order valence-electron chi connectivity index (χ2n) is 8.07. The summed E-state index contributed by atoms with van der Waals surface area (Å²) in [5, 5.41) is 15.2. The lowest BCUT2D eigenvalue weighted by Gasteiger charge is -2.15. The molecule has 0 fully saturated rings. The Morgan fingerprint density at radius 2 is 1.78 bits per heavy atom. The molecule has 1 amide bonds. The molecule has 1 unspecified atom stereocenters. The molecule has 0 aliphatic rings. The summed E-state index contributed by atoms with van der Waals surface area (Å²) in [6.07, 6.45) is 3.13. The highest BCUT2D eigenvalue weighted by molar-refractivity contribution is 5.96. The number of nitrogens with zero attached hydrogens (tertiary/aromatic N) is 6. The summed E-state index contributed by atoms with van der Waals surface area (Å²) in [5.41, 5.74) is 5.08. The molecule has 8 nitrogen and oxygen atoms in total. The molecule has 0 spiro atoms. The Balaban J connectivity index is 1.75. The molecule has 2 heterocycles. The second-order valence-corrected chi connectivity index (χ2v) is 8.07. The van der Waals surface area contributed by atoms with Gasteiger partial charge in [-0.25, -0.2) is 9.97 Å². The van der Waals surface area contributed by atoms with Crippen molar-refractivity contribution in [2.75, 3.05) is 0 Å². The van der Waals surface area contributed by atoms with Crippen LogP contribution in [0.2, 0.25) is 0 Å². The van der Waals surface area contributed by atoms with Crippen LogP contribution in [0.25, 0.3) is 16.8 Å². The molecular formula is C24H25N7O. The molecule has 8 heteroatoms. The molecule has 4 rings (SSSR count). The number of rotatable bonds is 6. The largest absolute Gasteiger partial charge is 0.344 e. The van der Waals surface area contributed by atoms with Gasteiger partial charge >= 0.3 is 0 Å². The van der Waals surface area contributed by atoms with Gasteiger partial charge in [-0.2, -0.15) is 4.68 Å². The van der Waals surface area contributed by atoms with Gasteiger partial charge in [0.1, 0.15) is 6.33 Å². The van der Waals surface area contributed by atoms with Crippen LogP contribution in [-0.2, 0) is 0 Å². The maximum Gasteiger partial charge on any atom is 0.251 e. The zero-order chi connectivity index (χ0) is 22.7. The molecular weight excluding hydrogens is 402 g/mol. The molecule has 2 aromatic heterocycles. The van der Waals surface area contributed by atoms with Crippen LogP contribution in [-0.4, -0.2) is 36.1 Å². The average Bonchev–Trinajstić information content (AvgIpc) is 3.30. The Hall–Kier alpha value is -3.94. The van der Waals surface area contributed by atoms with E-state index in [0.29, 0.717) is 5.56 Å². The number of aryl methyl sites for hydroxylation is 1. The summed E-state index contributed by atoms with van der Waals surface area (Å²) < 4.78 is 1.69. The summed E-state index contributed by atoms with van der Waals surface area (Å²) in [7, 11) is 0. The van der Waals surface area contributed by atoms with Crippen molar-refractivity contribution >= 4 is 5.91 Å². The Labute approximate surface area is 186 Å². The zero-order valence-corrected chi connectivity index (χ0v) is 18.5. The second kappa shape index (κ2) is 9.05. The number of amides is 1. The van der Waals surface area contributed by atoms with E-state index in [9.17, 15) is 4.79 Å². The molecule has 162 valence electrons. The van der Waals surface area contributed by atoms with E-state index < -0.39 is 0 Å². The molecule has 4 aromatic rings. The van der Waals surface area contributed by atoms with Crippen molar-refractivity contribution in [3.63, 3.8) is 0 Å². The van der Waals surface area contributed by atoms with Crippen LogP contribution >= 0.6 is 0 Å². The van der Waals surface area contributed by atoms with E-state index in [1.165, 1.54) is 11.9 Å². The number of carbonyl (C=O) groups is 1. The van der Waals surface area contributed by atoms with Gasteiger partial charge in [-0.05, 0) is 59.7 Å². The minimum Gasteiger partial charge on any atom is -0.344 e. The van der Waals surface area contributed by atoms with E-state index >= 15 is 0 Å². The Bertz CT molecular complexity index is 1220. The van der Waals surface area contributed by atoms with Crippen LogP contribution in [0.4, 0.5) is 0 Å². The van der Waals surface area contributed by atoms with Crippen molar-refractivity contribution in [1.29, 1.82) is 0 Å². The fourth-order valence-corrected chi connectivity index (χ4v) is 3.43. The third-order valence-electron chi connectivity index (χ3n) is 5.22. The highest BCUT2D eigenvalue weighted by Crippen LogP contribution is 2.26. The van der Waals surface area contributed by atoms with E-state index in [-0.39, 0.29) is 17.9 Å². The summed E-state index contributed by atoms with van der Waals surface area (Å²) in [6.45, 7) is 8.00. The predicted molar refractivity (Wildman–Crippen MR) is 121 cm³/mol. The maximum atomic E-state index is 13.2. The van der Waals surface area contributed by atoms with E-state index in [2.05, 4.69) is 42.9 Å². The Morgan fingerprint density at radius 3 is 2.47 bits per heavy atom. The number of tetrazole rings is 1. The lowest BCUT2D eigenvalue weighted by atomic mass is 10.00. The molecule has 0 bridgehead atoms. The maximum absolute atomic E-state index is 13.2. The molecule has 1 N–H and O–H groups in total. The first-order valence-electron chi connectivity index (χ1n) is 10.5. The fraction of sp³-hybridized carbons (Fsp3) is 0.250. The minimum atomic E-state index is -0.267. The van der Waals surface area contributed by atoms with Gasteiger partial charge in [-0.3, -0.25) is 4.79 Å². The van der Waals surface area contributed by atoms with Crippen molar-refractivity contribution in [3.8, 4) is 16.8 Å². The summed E-state index contributed by atoms with van der Waals surface area (Å²) >= 11 is 0. The number of carbonyl (C=O) groups excluding carboxylic acids is 1. The first kappa shape index (κ1) is 21.3. The number of benzene rings is 2. The lowest BCUT2D eigenvalue weighted by molar-refractivity contribution is 0.0939. The van der Waals surface area contributed by atoms with Crippen molar-refractivity contribution in [2.45, 2.75) is 39.7 Å². The van der Waals surface area contributed by atoms with E-state index in [0.717, 1.165) is 28.3 Å². The molecule has 0 saturated heterocycles. The molecule has 0 aliphatic heterocycles. The molecule has 1 atom stereocenters. The predicted octanol–water partition coefficient (Wildman–Crippen LogP) is 4.04. The van der Waals surface area contributed by atoms with Crippen LogP contribution < -0.4 is 5.32 Å². The van der Waals surface area contributed by atoms with E-state index in [1.54, 1.807) is 16.9 Å². The highest BCUT2D eigenvalue weighted by atomic mass is 16.1. The molecule has 0 aliphatic carbocycles. The highest BCUT2D eigenvalue weighted by Gasteiger charge is 2.18. The number of aromatic nitrogens is 6. The summed E-state index contributed by atoms with van der Waals surface area (Å²) in [6, 6.07) is 15.4. The molecule has 32 heavy (non-hydrogen) atoms. The van der Waals surface area contributed by atoms with Gasteiger partial charge in [0.25, 0.3) is 5.91 Å². The topological polar surface area (TPSA) is 98.5 Å². The van der Waals surface area contributed by atoms with Crippen molar-refractivity contribution in [3.05, 3.63) is 83.7 Å². The Kier molecular flexibility index (Phi) is 6.02. The minimum absolute atomic E-state index is 0.128. The van der Waals surface area contributed by atoms with E-state index in [1.807, 2.05) is 58.0 Å². The third kappa shape index (κ3) is 4.54. The average molecular weight is 428 g/mol. The van der Waals surface area contributed by atoms with Gasteiger partial charge in [0, 0.05) is 17.7 Å². The SMILES string of the molecule is Cc1ccc(-c2cc(C(=O)NC(C)c3ccncn3)cc(-n3nnnc3C(C)C)c2)cc1. The van der Waals surface area contributed by atoms with Crippen LogP contribution in [0, 0.1) is 6.92 Å². The smallest absolute Gasteiger partial charge is 0.251 e. The van der Waals surface area contributed by atoms with Gasteiger partial charge in [-0.1, -0.05) is 43.7 Å². The van der Waals surface area contributed by atoms with E-state index in [4.69, 9.17) is 0 Å². The summed E-state index contributed by atoms with van der Waals surface area (Å²) in [5.74, 6) is 0.653. The van der Waals surface area contributed by atoms with Crippen LogP contribution in [0.1, 0.15) is 60.2 Å². The van der Waals surface area contributed by atoms with Gasteiger partial charge < -0.3 is 5.32 Å². The molecule has 2 aromatic carbocycles. The quantitative estimate of drug-likeness (QED) is 0.499. The summed E-state index contributed by atoms with van der Waals surface area (Å²) in [4.78, 5) is 21.4. The van der Waals surface area contributed by atoms with Gasteiger partial charge in [0.15, 0.2) is 5.82 Å². The number of hydrogen-bond donors (Lipinski definition) is 1. The van der Waals surface area contributed by atoms with Crippen molar-refractivity contribution in [1.82, 2.24) is 35.5 Å². The molecule has 0 radical (unpaired) electrons. The zero-order valence-electron chi connectivity index (χ0n) is 18.5. The molecule has 0 saturated carbocycles. The normalized spacial score (nSPS) is 12.0. The first-order valence-corrected chi connectivity index (χ1v) is 10.5. The number of nitrogens with one attached hydrogen (secondary N) is 1. The van der Waals surface area contributed by atoms with Gasteiger partial charge in [0.2, 0.25) is 0 Å². The first-order chi connectivity index (χ1) is 15.4. The van der Waals surface area contributed by atoms with Gasteiger partial charge in [-0.15, -0.1) is 5.10 Å². The van der Waals surface area contributed by atoms with Crippen LogP contribution in [0.3, 0.4) is 0 Å². The van der Waals surface area contributed by atoms with Crippen LogP contribution in [0.15, 0.2) is 61.1 Å². The monoisotopic (exact) mass is 427 g/mol.